The molecule has 30 heavy (non-hydrogen) atoms. The number of imidazole rings is 1. The molecule has 1 aliphatic rings. The Morgan fingerprint density at radius 2 is 1.90 bits per heavy atom. The number of likely N-dealkylation sites (tertiary alicyclic amines) is 1. The van der Waals surface area contributed by atoms with Crippen LogP contribution in [0, 0.1) is 0 Å². The Balaban J connectivity index is 0.00000155. The Morgan fingerprint density at radius 3 is 2.53 bits per heavy atom. The molecule has 1 aliphatic heterocycles. The van der Waals surface area contributed by atoms with Gasteiger partial charge in [-0.05, 0) is 50.8 Å². The van der Waals surface area contributed by atoms with Crippen molar-refractivity contribution in [2.75, 3.05) is 25.0 Å². The number of rotatable bonds is 8. The van der Waals surface area contributed by atoms with E-state index in [1.165, 1.54) is 12.1 Å². The van der Waals surface area contributed by atoms with Crippen molar-refractivity contribution in [3.8, 4) is 5.75 Å². The number of anilines is 1. The van der Waals surface area contributed by atoms with Crippen LogP contribution < -0.4 is 10.1 Å². The van der Waals surface area contributed by atoms with Crippen LogP contribution in [0.2, 0.25) is 0 Å². The van der Waals surface area contributed by atoms with E-state index in [4.69, 9.17) is 0 Å². The summed E-state index contributed by atoms with van der Waals surface area (Å²) in [6.45, 7) is 7.08. The molecule has 1 aromatic carbocycles. The molecule has 1 N–H and O–H groups in total. The third-order valence-corrected chi connectivity index (χ3v) is 4.94. The molecule has 0 aliphatic carbocycles. The van der Waals surface area contributed by atoms with Gasteiger partial charge in [-0.2, -0.15) is 0 Å². The molecular weight excluding hydrogens is 393 g/mol. The Kier molecular flexibility index (Phi) is 9.49. The van der Waals surface area contributed by atoms with Crippen LogP contribution in [0.25, 0.3) is 0 Å². The van der Waals surface area contributed by atoms with E-state index in [0.29, 0.717) is 5.69 Å². The van der Waals surface area contributed by atoms with Crippen molar-refractivity contribution in [1.29, 1.82) is 0 Å². The van der Waals surface area contributed by atoms with E-state index < -0.39 is 6.36 Å². The number of hydrogen-bond donors (Lipinski definition) is 1. The lowest BCUT2D eigenvalue weighted by molar-refractivity contribution is -0.274. The lowest BCUT2D eigenvalue weighted by Crippen LogP contribution is -2.39. The molecule has 0 bridgehead atoms. The largest absolute Gasteiger partial charge is 0.573 e. The Labute approximate surface area is 177 Å². The minimum Gasteiger partial charge on any atom is -0.406 e. The first kappa shape index (κ1) is 24.1. The standard InChI is InChI=1S/C20H27F3N4O.C2H6/c1-26-14-18(24-15-26)5-2-3-10-27-11-8-16(9-12-27)25-17-6-4-7-19(13-17)28-20(21,22)23;1-2/h4,6-7,13-16,25H,2-3,5,8-12H2,1H3;1-2H3. The molecule has 0 unspecified atom stereocenters. The van der Waals surface area contributed by atoms with E-state index in [1.807, 2.05) is 31.8 Å². The number of nitrogens with zero attached hydrogens (tertiary/aromatic N) is 3. The average molecular weight is 427 g/mol. The predicted octanol–water partition coefficient (Wildman–Crippen LogP) is 5.24. The molecule has 0 radical (unpaired) electrons. The molecule has 0 saturated carbocycles. The second-order valence-corrected chi connectivity index (χ2v) is 7.32. The molecule has 2 aromatic rings. The second kappa shape index (κ2) is 11.8. The van der Waals surface area contributed by atoms with E-state index in [0.717, 1.165) is 57.4 Å². The summed E-state index contributed by atoms with van der Waals surface area (Å²) in [5.74, 6) is -0.192. The molecule has 0 amide bonds. The minimum atomic E-state index is -4.67. The summed E-state index contributed by atoms with van der Waals surface area (Å²) in [5.41, 5.74) is 1.80. The maximum absolute atomic E-state index is 12.3. The van der Waals surface area contributed by atoms with Crippen molar-refractivity contribution in [2.24, 2.45) is 7.05 Å². The zero-order valence-corrected chi connectivity index (χ0v) is 18.1. The van der Waals surface area contributed by atoms with Crippen molar-refractivity contribution in [3.05, 3.63) is 42.5 Å². The van der Waals surface area contributed by atoms with E-state index in [1.54, 1.807) is 12.1 Å². The quantitative estimate of drug-likeness (QED) is 0.586. The number of piperidine rings is 1. The summed E-state index contributed by atoms with van der Waals surface area (Å²) in [5, 5.41) is 3.33. The average Bonchev–Trinajstić information content (AvgIpc) is 3.12. The lowest BCUT2D eigenvalue weighted by atomic mass is 10.0. The van der Waals surface area contributed by atoms with Crippen molar-refractivity contribution in [1.82, 2.24) is 14.5 Å². The fourth-order valence-corrected chi connectivity index (χ4v) is 3.56. The zero-order chi connectivity index (χ0) is 22.0. The van der Waals surface area contributed by atoms with Crippen LogP contribution >= 0.6 is 0 Å². The first-order valence-corrected chi connectivity index (χ1v) is 10.7. The third kappa shape index (κ3) is 8.65. The maximum atomic E-state index is 12.3. The van der Waals surface area contributed by atoms with Crippen molar-refractivity contribution in [3.63, 3.8) is 0 Å². The van der Waals surface area contributed by atoms with Gasteiger partial charge in [-0.25, -0.2) is 4.98 Å². The summed E-state index contributed by atoms with van der Waals surface area (Å²) in [6, 6.07) is 6.32. The van der Waals surface area contributed by atoms with Gasteiger partial charge in [-0.15, -0.1) is 13.2 Å². The Bertz CT molecular complexity index is 740. The van der Waals surface area contributed by atoms with Gasteiger partial charge in [0, 0.05) is 44.1 Å². The molecular formula is C22H33F3N4O. The number of halogens is 3. The van der Waals surface area contributed by atoms with Gasteiger partial charge in [-0.3, -0.25) is 0 Å². The lowest BCUT2D eigenvalue weighted by Gasteiger charge is -2.33. The van der Waals surface area contributed by atoms with Crippen molar-refractivity contribution in [2.45, 2.75) is 58.4 Å². The summed E-state index contributed by atoms with van der Waals surface area (Å²) in [4.78, 5) is 6.80. The van der Waals surface area contributed by atoms with Crippen LogP contribution in [0.3, 0.4) is 0 Å². The summed E-state index contributed by atoms with van der Waals surface area (Å²) < 4.78 is 43.0. The zero-order valence-electron chi connectivity index (χ0n) is 18.1. The van der Waals surface area contributed by atoms with Gasteiger partial charge in [0.15, 0.2) is 0 Å². The van der Waals surface area contributed by atoms with Gasteiger partial charge in [0.1, 0.15) is 5.75 Å². The number of aromatic nitrogens is 2. The fourth-order valence-electron chi connectivity index (χ4n) is 3.56. The topological polar surface area (TPSA) is 42.3 Å². The van der Waals surface area contributed by atoms with Gasteiger partial charge in [0.2, 0.25) is 0 Å². The van der Waals surface area contributed by atoms with Crippen LogP contribution in [0.15, 0.2) is 36.8 Å². The highest BCUT2D eigenvalue weighted by Gasteiger charge is 2.31. The predicted molar refractivity (Wildman–Crippen MR) is 114 cm³/mol. The third-order valence-electron chi connectivity index (χ3n) is 4.94. The van der Waals surface area contributed by atoms with E-state index in [-0.39, 0.29) is 11.8 Å². The first-order chi connectivity index (χ1) is 14.4. The van der Waals surface area contributed by atoms with Gasteiger partial charge in [0.25, 0.3) is 0 Å². The number of nitrogens with one attached hydrogen (secondary N) is 1. The first-order valence-electron chi connectivity index (χ1n) is 10.7. The van der Waals surface area contributed by atoms with Gasteiger partial charge >= 0.3 is 6.36 Å². The number of ether oxygens (including phenoxy) is 1. The molecule has 5 nitrogen and oxygen atoms in total. The second-order valence-electron chi connectivity index (χ2n) is 7.32. The van der Waals surface area contributed by atoms with Crippen LogP contribution in [-0.2, 0) is 13.5 Å². The van der Waals surface area contributed by atoms with E-state index in [2.05, 4.69) is 26.1 Å². The molecule has 2 heterocycles. The van der Waals surface area contributed by atoms with Crippen LogP contribution in [0.1, 0.15) is 45.2 Å². The molecule has 8 heteroatoms. The molecule has 168 valence electrons. The molecule has 3 rings (SSSR count). The Hall–Kier alpha value is -2.22. The number of hydrogen-bond acceptors (Lipinski definition) is 4. The number of benzene rings is 1. The SMILES string of the molecule is CC.Cn1cnc(CCCCN2CCC(Nc3cccc(OC(F)(F)F)c3)CC2)c1. The Morgan fingerprint density at radius 1 is 1.17 bits per heavy atom. The van der Waals surface area contributed by atoms with Crippen LogP contribution in [-0.4, -0.2) is 46.5 Å². The van der Waals surface area contributed by atoms with Gasteiger partial charge in [-0.1, -0.05) is 19.9 Å². The summed E-state index contributed by atoms with van der Waals surface area (Å²) in [7, 11) is 1.98. The summed E-state index contributed by atoms with van der Waals surface area (Å²) >= 11 is 0. The van der Waals surface area contributed by atoms with Crippen LogP contribution in [0.4, 0.5) is 18.9 Å². The van der Waals surface area contributed by atoms with E-state index >= 15 is 0 Å². The number of alkyl halides is 3. The molecule has 1 saturated heterocycles. The maximum Gasteiger partial charge on any atom is 0.573 e. The van der Waals surface area contributed by atoms with Gasteiger partial charge in [0.05, 0.1) is 12.0 Å². The molecule has 1 fully saturated rings. The van der Waals surface area contributed by atoms with Crippen molar-refractivity contribution < 1.29 is 17.9 Å². The fraction of sp³-hybridized carbons (Fsp3) is 0.591. The van der Waals surface area contributed by atoms with Gasteiger partial charge < -0.3 is 19.5 Å². The molecule has 1 aromatic heterocycles. The monoisotopic (exact) mass is 426 g/mol. The molecule has 0 atom stereocenters. The van der Waals surface area contributed by atoms with Crippen LogP contribution in [0.5, 0.6) is 5.75 Å². The van der Waals surface area contributed by atoms with E-state index in [9.17, 15) is 13.2 Å². The minimum absolute atomic E-state index is 0.192. The molecule has 0 spiro atoms. The normalized spacial score (nSPS) is 15.4. The summed E-state index contributed by atoms with van der Waals surface area (Å²) in [6.07, 6.45) is 4.46. The number of aryl methyl sites for hydroxylation is 2. The smallest absolute Gasteiger partial charge is 0.406 e. The highest BCUT2D eigenvalue weighted by molar-refractivity contribution is 5.49. The van der Waals surface area contributed by atoms with Crippen molar-refractivity contribution >= 4 is 5.69 Å². The number of unbranched alkanes of at least 4 members (excludes halogenated alkanes) is 1. The highest BCUT2D eigenvalue weighted by atomic mass is 19.4. The highest BCUT2D eigenvalue weighted by Crippen LogP contribution is 2.26.